The van der Waals surface area contributed by atoms with Crippen molar-refractivity contribution in [3.63, 3.8) is 0 Å². The van der Waals surface area contributed by atoms with Crippen LogP contribution in [0.5, 0.6) is 0 Å². The van der Waals surface area contributed by atoms with Gasteiger partial charge >= 0.3 is 0 Å². The van der Waals surface area contributed by atoms with Gasteiger partial charge in [-0.2, -0.15) is 0 Å². The van der Waals surface area contributed by atoms with Crippen LogP contribution in [0.3, 0.4) is 0 Å². The van der Waals surface area contributed by atoms with Crippen LogP contribution in [0.15, 0.2) is 30.3 Å². The molecule has 0 radical (unpaired) electrons. The van der Waals surface area contributed by atoms with Crippen molar-refractivity contribution in [3.8, 4) is 0 Å². The van der Waals surface area contributed by atoms with Crippen LogP contribution in [-0.4, -0.2) is 11.7 Å². The monoisotopic (exact) mass is 210 g/mol. The molecule has 0 aliphatic rings. The minimum Gasteiger partial charge on any atom is -0.298 e. The highest BCUT2D eigenvalue weighted by Crippen LogP contribution is 2.06. The predicted molar refractivity (Wildman–Crippen MR) is 59.7 cm³/mol. The maximum Gasteiger partial charge on any atom is 0.147 e. The second-order valence-electron chi connectivity index (χ2n) is 3.37. The van der Waals surface area contributed by atoms with Gasteiger partial charge in [-0.1, -0.05) is 30.3 Å². The highest BCUT2D eigenvalue weighted by atomic mass is 35.5. The van der Waals surface area contributed by atoms with Gasteiger partial charge in [-0.3, -0.25) is 4.79 Å². The molecule has 0 aromatic heterocycles. The Morgan fingerprint density at radius 1 is 1.14 bits per heavy atom. The molecule has 2 heteroatoms. The summed E-state index contributed by atoms with van der Waals surface area (Å²) in [5, 5.41) is 0. The Labute approximate surface area is 90.1 Å². The molecule has 1 rings (SSSR count). The standard InChI is InChI=1S/C12H15ClO/c13-10-12(14)9-5-4-8-11-6-2-1-3-7-11/h1-3,6-7H,4-5,8-10H2. The number of hydrogen-bond donors (Lipinski definition) is 0. The normalized spacial score (nSPS) is 10.1. The predicted octanol–water partition coefficient (Wildman–Crippen LogP) is 3.21. The summed E-state index contributed by atoms with van der Waals surface area (Å²) in [5.41, 5.74) is 1.34. The molecule has 1 aromatic carbocycles. The van der Waals surface area contributed by atoms with E-state index >= 15 is 0 Å². The molecule has 0 N–H and O–H groups in total. The summed E-state index contributed by atoms with van der Waals surface area (Å²) in [5.74, 6) is 0.311. The summed E-state index contributed by atoms with van der Waals surface area (Å²) in [6.45, 7) is 0. The highest BCUT2D eigenvalue weighted by molar-refractivity contribution is 6.27. The SMILES string of the molecule is O=C(CCl)CCCCc1ccccc1. The number of aryl methyl sites for hydroxylation is 1. The summed E-state index contributed by atoms with van der Waals surface area (Å²) in [4.78, 5) is 10.9. The quantitative estimate of drug-likeness (QED) is 0.521. The molecule has 0 bridgehead atoms. The second kappa shape index (κ2) is 6.61. The summed E-state index contributed by atoms with van der Waals surface area (Å²) in [6, 6.07) is 10.3. The third-order valence-electron chi connectivity index (χ3n) is 2.16. The van der Waals surface area contributed by atoms with Gasteiger partial charge in [0.15, 0.2) is 0 Å². The number of Topliss-reactive ketones (excluding diaryl/α,β-unsaturated/α-hetero) is 1. The number of unbranched alkanes of at least 4 members (excludes halogenated alkanes) is 1. The van der Waals surface area contributed by atoms with Crippen LogP contribution in [0, 0.1) is 0 Å². The van der Waals surface area contributed by atoms with Crippen molar-refractivity contribution in [1.29, 1.82) is 0 Å². The number of rotatable bonds is 6. The molecule has 14 heavy (non-hydrogen) atoms. The third-order valence-corrected chi connectivity index (χ3v) is 2.46. The lowest BCUT2D eigenvalue weighted by molar-refractivity contribution is -0.116. The first-order chi connectivity index (χ1) is 6.83. The van der Waals surface area contributed by atoms with Crippen LogP contribution < -0.4 is 0 Å². The van der Waals surface area contributed by atoms with E-state index in [1.807, 2.05) is 18.2 Å². The van der Waals surface area contributed by atoms with Crippen molar-refractivity contribution in [2.45, 2.75) is 25.7 Å². The van der Waals surface area contributed by atoms with Crippen molar-refractivity contribution >= 4 is 17.4 Å². The minimum atomic E-state index is 0.153. The number of carbonyl (C=O) groups excluding carboxylic acids is 1. The van der Waals surface area contributed by atoms with Gasteiger partial charge < -0.3 is 0 Å². The molecule has 0 fully saturated rings. The largest absolute Gasteiger partial charge is 0.298 e. The maximum absolute atomic E-state index is 10.9. The first-order valence-electron chi connectivity index (χ1n) is 4.94. The van der Waals surface area contributed by atoms with Gasteiger partial charge in [0.2, 0.25) is 0 Å². The fourth-order valence-corrected chi connectivity index (χ4v) is 1.50. The van der Waals surface area contributed by atoms with Gasteiger partial charge in [0.25, 0.3) is 0 Å². The molecule has 0 atom stereocenters. The average molecular weight is 211 g/mol. The highest BCUT2D eigenvalue weighted by Gasteiger charge is 1.98. The average Bonchev–Trinajstić information content (AvgIpc) is 2.25. The first-order valence-corrected chi connectivity index (χ1v) is 5.48. The number of carbonyl (C=O) groups is 1. The smallest absolute Gasteiger partial charge is 0.147 e. The fraction of sp³-hybridized carbons (Fsp3) is 0.417. The zero-order valence-electron chi connectivity index (χ0n) is 8.21. The van der Waals surface area contributed by atoms with E-state index in [4.69, 9.17) is 11.6 Å². The Bertz CT molecular complexity index is 269. The Balaban J connectivity index is 2.13. The number of alkyl halides is 1. The summed E-state index contributed by atoms with van der Waals surface area (Å²) in [7, 11) is 0. The maximum atomic E-state index is 10.9. The van der Waals surface area contributed by atoms with Gasteiger partial charge in [0, 0.05) is 6.42 Å². The molecule has 0 amide bonds. The van der Waals surface area contributed by atoms with E-state index in [-0.39, 0.29) is 11.7 Å². The van der Waals surface area contributed by atoms with Crippen LogP contribution in [-0.2, 0) is 11.2 Å². The number of benzene rings is 1. The molecular weight excluding hydrogens is 196 g/mol. The zero-order chi connectivity index (χ0) is 10.2. The first kappa shape index (κ1) is 11.3. The molecule has 0 unspecified atom stereocenters. The van der Waals surface area contributed by atoms with E-state index in [0.29, 0.717) is 6.42 Å². The molecule has 0 heterocycles. The topological polar surface area (TPSA) is 17.1 Å². The third kappa shape index (κ3) is 4.43. The van der Waals surface area contributed by atoms with Crippen LogP contribution in [0.1, 0.15) is 24.8 Å². The minimum absolute atomic E-state index is 0.153. The molecule has 0 aliphatic carbocycles. The van der Waals surface area contributed by atoms with Crippen molar-refractivity contribution in [2.75, 3.05) is 5.88 Å². The van der Waals surface area contributed by atoms with Gasteiger partial charge in [-0.05, 0) is 24.8 Å². The number of hydrogen-bond acceptors (Lipinski definition) is 1. The van der Waals surface area contributed by atoms with E-state index in [1.54, 1.807) is 0 Å². The molecule has 76 valence electrons. The van der Waals surface area contributed by atoms with E-state index in [0.717, 1.165) is 19.3 Å². The molecule has 0 saturated carbocycles. The number of halogens is 1. The van der Waals surface area contributed by atoms with Gasteiger partial charge in [0.05, 0.1) is 5.88 Å². The summed E-state index contributed by atoms with van der Waals surface area (Å²) >= 11 is 5.40. The Kier molecular flexibility index (Phi) is 5.31. The van der Waals surface area contributed by atoms with E-state index < -0.39 is 0 Å². The second-order valence-corrected chi connectivity index (χ2v) is 3.63. The van der Waals surface area contributed by atoms with Crippen molar-refractivity contribution < 1.29 is 4.79 Å². The molecule has 0 aliphatic heterocycles. The number of ketones is 1. The van der Waals surface area contributed by atoms with Gasteiger partial charge in [0.1, 0.15) is 5.78 Å². The lowest BCUT2D eigenvalue weighted by Gasteiger charge is -2.00. The molecular formula is C12H15ClO. The summed E-state index contributed by atoms with van der Waals surface area (Å²) < 4.78 is 0. The Morgan fingerprint density at radius 2 is 1.86 bits per heavy atom. The van der Waals surface area contributed by atoms with E-state index in [9.17, 15) is 4.79 Å². The van der Waals surface area contributed by atoms with Gasteiger partial charge in [-0.15, -0.1) is 11.6 Å². The Hall–Kier alpha value is -0.820. The van der Waals surface area contributed by atoms with Crippen LogP contribution in [0.25, 0.3) is 0 Å². The van der Waals surface area contributed by atoms with Crippen LogP contribution in [0.2, 0.25) is 0 Å². The van der Waals surface area contributed by atoms with Gasteiger partial charge in [-0.25, -0.2) is 0 Å². The lowest BCUT2D eigenvalue weighted by Crippen LogP contribution is -1.98. The fourth-order valence-electron chi connectivity index (χ4n) is 1.36. The molecule has 0 spiro atoms. The molecule has 0 saturated heterocycles. The van der Waals surface area contributed by atoms with Crippen molar-refractivity contribution in [1.82, 2.24) is 0 Å². The summed E-state index contributed by atoms with van der Waals surface area (Å²) in [6.07, 6.45) is 3.68. The zero-order valence-corrected chi connectivity index (χ0v) is 8.96. The Morgan fingerprint density at radius 3 is 2.50 bits per heavy atom. The lowest BCUT2D eigenvalue weighted by atomic mass is 10.1. The van der Waals surface area contributed by atoms with Crippen LogP contribution >= 0.6 is 11.6 Å². The van der Waals surface area contributed by atoms with Crippen molar-refractivity contribution in [2.24, 2.45) is 0 Å². The van der Waals surface area contributed by atoms with E-state index in [2.05, 4.69) is 12.1 Å². The van der Waals surface area contributed by atoms with Crippen LogP contribution in [0.4, 0.5) is 0 Å². The van der Waals surface area contributed by atoms with Crippen molar-refractivity contribution in [3.05, 3.63) is 35.9 Å². The van der Waals surface area contributed by atoms with E-state index in [1.165, 1.54) is 5.56 Å². The molecule has 1 aromatic rings. The molecule has 1 nitrogen and oxygen atoms in total.